The zero-order valence-electron chi connectivity index (χ0n) is 14.2. The molecule has 0 unspecified atom stereocenters. The minimum Gasteiger partial charge on any atom is -0.351 e. The lowest BCUT2D eigenvalue weighted by molar-refractivity contribution is -0.302. The van der Waals surface area contributed by atoms with Gasteiger partial charge in [0.1, 0.15) is 0 Å². The molecule has 148 valence electrons. The lowest BCUT2D eigenvalue weighted by atomic mass is 10.1. The quantitative estimate of drug-likeness (QED) is 0.637. The number of nitrogens with zero attached hydrogens (tertiary/aromatic N) is 4. The van der Waals surface area contributed by atoms with Crippen LogP contribution in [0.4, 0.5) is 32.2 Å². The number of anilines is 1. The molecular formula is C17H13F6N5. The van der Waals surface area contributed by atoms with E-state index in [9.17, 15) is 26.3 Å². The van der Waals surface area contributed by atoms with Crippen LogP contribution in [-0.4, -0.2) is 46.5 Å². The van der Waals surface area contributed by atoms with E-state index in [-0.39, 0.29) is 11.0 Å². The first kappa shape index (κ1) is 17.5. The van der Waals surface area contributed by atoms with Crippen LogP contribution in [0.15, 0.2) is 24.5 Å². The van der Waals surface area contributed by atoms with Gasteiger partial charge in [0, 0.05) is 49.7 Å². The molecule has 5 nitrogen and oxygen atoms in total. The van der Waals surface area contributed by atoms with Crippen LogP contribution in [0.2, 0.25) is 0 Å². The summed E-state index contributed by atoms with van der Waals surface area (Å²) in [7, 11) is 0. The second-order valence-electron chi connectivity index (χ2n) is 6.90. The Labute approximate surface area is 154 Å². The second-order valence-corrected chi connectivity index (χ2v) is 6.90. The van der Waals surface area contributed by atoms with Crippen LogP contribution in [0.1, 0.15) is 11.1 Å². The Morgan fingerprint density at radius 3 is 2.25 bits per heavy atom. The molecule has 1 aliphatic heterocycles. The monoisotopic (exact) mass is 401 g/mol. The number of alkyl halides is 6. The standard InChI is InChI=1S/C17H13F6N5/c18-15(19)9-7-11-12(8-10(9)16(20,21)17(15,22)23)28-6-3-25-13(28)14(26-11)27-4-1-24-2-5-27/h3,6-8,24H,1-2,4-5H2. The molecule has 0 atom stereocenters. The average molecular weight is 401 g/mol. The SMILES string of the molecule is FC1(F)c2cc3nc(N4CCNCC4)c4nccn4c3cc2C(F)(F)C1(F)F. The zero-order chi connectivity index (χ0) is 19.9. The van der Waals surface area contributed by atoms with Gasteiger partial charge >= 0.3 is 17.8 Å². The van der Waals surface area contributed by atoms with E-state index in [4.69, 9.17) is 0 Å². The van der Waals surface area contributed by atoms with Gasteiger partial charge in [-0.05, 0) is 12.1 Å². The number of hydrogen-bond acceptors (Lipinski definition) is 4. The number of halogens is 6. The van der Waals surface area contributed by atoms with Crippen LogP contribution < -0.4 is 10.2 Å². The molecule has 0 radical (unpaired) electrons. The highest BCUT2D eigenvalue weighted by molar-refractivity contribution is 5.85. The topological polar surface area (TPSA) is 45.5 Å². The van der Waals surface area contributed by atoms with Crippen LogP contribution in [0, 0.1) is 0 Å². The molecule has 1 saturated heterocycles. The Bertz CT molecular complexity index is 1100. The molecule has 1 aliphatic carbocycles. The highest BCUT2D eigenvalue weighted by Gasteiger charge is 2.79. The summed E-state index contributed by atoms with van der Waals surface area (Å²) in [5.41, 5.74) is -2.51. The van der Waals surface area contributed by atoms with Crippen molar-refractivity contribution in [3.63, 3.8) is 0 Å². The summed E-state index contributed by atoms with van der Waals surface area (Å²) in [6.45, 7) is 2.51. The summed E-state index contributed by atoms with van der Waals surface area (Å²) < 4.78 is 85.6. The summed E-state index contributed by atoms with van der Waals surface area (Å²) >= 11 is 0. The Hall–Kier alpha value is -2.56. The molecule has 2 aromatic heterocycles. The lowest BCUT2D eigenvalue weighted by Gasteiger charge is -2.28. The van der Waals surface area contributed by atoms with Crippen molar-refractivity contribution < 1.29 is 26.3 Å². The predicted molar refractivity (Wildman–Crippen MR) is 88.3 cm³/mol. The molecule has 0 bridgehead atoms. The van der Waals surface area contributed by atoms with Crippen molar-refractivity contribution in [2.75, 3.05) is 31.1 Å². The Morgan fingerprint density at radius 1 is 0.929 bits per heavy atom. The molecule has 28 heavy (non-hydrogen) atoms. The van der Waals surface area contributed by atoms with Crippen LogP contribution in [0.3, 0.4) is 0 Å². The van der Waals surface area contributed by atoms with Gasteiger partial charge in [-0.25, -0.2) is 9.97 Å². The molecule has 0 spiro atoms. The maximum atomic E-state index is 14.2. The summed E-state index contributed by atoms with van der Waals surface area (Å²) in [6, 6.07) is 1.31. The molecule has 2 aliphatic rings. The van der Waals surface area contributed by atoms with Gasteiger partial charge in [0.25, 0.3) is 0 Å². The van der Waals surface area contributed by atoms with Crippen LogP contribution in [0.5, 0.6) is 0 Å². The number of imidazole rings is 1. The van der Waals surface area contributed by atoms with Crippen LogP contribution in [0.25, 0.3) is 16.7 Å². The highest BCUT2D eigenvalue weighted by Crippen LogP contribution is 2.63. The van der Waals surface area contributed by atoms with E-state index < -0.39 is 28.9 Å². The Balaban J connectivity index is 1.82. The Kier molecular flexibility index (Phi) is 3.30. The van der Waals surface area contributed by atoms with Gasteiger partial charge < -0.3 is 10.2 Å². The maximum Gasteiger partial charge on any atom is 0.380 e. The first-order valence-corrected chi connectivity index (χ1v) is 8.57. The van der Waals surface area contributed by atoms with Gasteiger partial charge in [-0.3, -0.25) is 4.40 Å². The number of benzene rings is 1. The average Bonchev–Trinajstić information content (AvgIpc) is 3.19. The van der Waals surface area contributed by atoms with Crippen LogP contribution >= 0.6 is 0 Å². The number of nitrogens with one attached hydrogen (secondary N) is 1. The number of rotatable bonds is 1. The number of hydrogen-bond donors (Lipinski definition) is 1. The zero-order valence-corrected chi connectivity index (χ0v) is 14.2. The molecule has 5 rings (SSSR count). The molecule has 1 fully saturated rings. The van der Waals surface area contributed by atoms with E-state index in [1.54, 1.807) is 0 Å². The Morgan fingerprint density at radius 2 is 1.57 bits per heavy atom. The van der Waals surface area contributed by atoms with E-state index in [1.165, 1.54) is 16.8 Å². The van der Waals surface area contributed by atoms with Crippen LogP contribution in [-0.2, 0) is 11.8 Å². The predicted octanol–water partition coefficient (Wildman–Crippen LogP) is 3.12. The van der Waals surface area contributed by atoms with Gasteiger partial charge in [0.15, 0.2) is 11.5 Å². The molecule has 3 heterocycles. The third-order valence-electron chi connectivity index (χ3n) is 5.32. The first-order chi connectivity index (χ1) is 13.2. The first-order valence-electron chi connectivity index (χ1n) is 8.57. The molecular weight excluding hydrogens is 388 g/mol. The summed E-state index contributed by atoms with van der Waals surface area (Å²) in [5, 5.41) is 3.16. The molecule has 0 amide bonds. The smallest absolute Gasteiger partial charge is 0.351 e. The highest BCUT2D eigenvalue weighted by atomic mass is 19.3. The molecule has 0 saturated carbocycles. The van der Waals surface area contributed by atoms with E-state index in [2.05, 4.69) is 15.3 Å². The van der Waals surface area contributed by atoms with Gasteiger partial charge in [-0.1, -0.05) is 0 Å². The molecule has 11 heteroatoms. The van der Waals surface area contributed by atoms with Crippen molar-refractivity contribution in [1.29, 1.82) is 0 Å². The molecule has 1 N–H and O–H groups in total. The minimum absolute atomic E-state index is 0.0123. The van der Waals surface area contributed by atoms with Crippen molar-refractivity contribution in [2.24, 2.45) is 0 Å². The van der Waals surface area contributed by atoms with Gasteiger partial charge in [0.2, 0.25) is 0 Å². The van der Waals surface area contributed by atoms with Gasteiger partial charge in [-0.2, -0.15) is 26.3 Å². The van der Waals surface area contributed by atoms with Crippen molar-refractivity contribution in [3.8, 4) is 0 Å². The van der Waals surface area contributed by atoms with E-state index in [0.717, 1.165) is 0 Å². The number of fused-ring (bicyclic) bond motifs is 4. The summed E-state index contributed by atoms with van der Waals surface area (Å²) in [6.07, 6.45) is 2.87. The second kappa shape index (κ2) is 5.28. The maximum absolute atomic E-state index is 14.2. The number of piperazine rings is 1. The normalized spacial score (nSPS) is 22.7. The fraction of sp³-hybridized carbons (Fsp3) is 0.412. The molecule has 3 aromatic rings. The largest absolute Gasteiger partial charge is 0.380 e. The fourth-order valence-corrected chi connectivity index (χ4v) is 3.83. The summed E-state index contributed by atoms with van der Waals surface area (Å²) in [4.78, 5) is 10.4. The van der Waals surface area contributed by atoms with Crippen molar-refractivity contribution in [1.82, 2.24) is 19.7 Å². The number of aromatic nitrogens is 3. The van der Waals surface area contributed by atoms with Gasteiger partial charge in [0.05, 0.1) is 11.0 Å². The third-order valence-corrected chi connectivity index (χ3v) is 5.32. The van der Waals surface area contributed by atoms with Crippen molar-refractivity contribution in [2.45, 2.75) is 17.8 Å². The van der Waals surface area contributed by atoms with E-state index in [0.29, 0.717) is 49.8 Å². The lowest BCUT2D eigenvalue weighted by Crippen LogP contribution is -2.44. The summed E-state index contributed by atoms with van der Waals surface area (Å²) in [5.74, 6) is -15.1. The van der Waals surface area contributed by atoms with Crippen molar-refractivity contribution >= 4 is 22.5 Å². The third kappa shape index (κ3) is 1.97. The van der Waals surface area contributed by atoms with E-state index in [1.807, 2.05) is 4.90 Å². The van der Waals surface area contributed by atoms with E-state index >= 15 is 0 Å². The van der Waals surface area contributed by atoms with Gasteiger partial charge in [-0.15, -0.1) is 0 Å². The minimum atomic E-state index is -5.52. The fourth-order valence-electron chi connectivity index (χ4n) is 3.83. The molecule has 1 aromatic carbocycles. The van der Waals surface area contributed by atoms with Crippen molar-refractivity contribution in [3.05, 3.63) is 35.7 Å².